The molecular formula is C19H25NO4. The molecule has 0 amide bonds. The third-order valence-corrected chi connectivity index (χ3v) is 6.63. The summed E-state index contributed by atoms with van der Waals surface area (Å²) in [4.78, 5) is 15.1. The van der Waals surface area contributed by atoms with Gasteiger partial charge in [0.2, 0.25) is 0 Å². The van der Waals surface area contributed by atoms with E-state index in [2.05, 4.69) is 18.0 Å². The van der Waals surface area contributed by atoms with Crippen molar-refractivity contribution in [2.24, 2.45) is 5.92 Å². The van der Waals surface area contributed by atoms with Gasteiger partial charge in [-0.15, -0.1) is 0 Å². The van der Waals surface area contributed by atoms with Crippen LogP contribution in [0.2, 0.25) is 0 Å². The lowest BCUT2D eigenvalue weighted by molar-refractivity contribution is -0.141. The Balaban J connectivity index is 1.91. The first-order chi connectivity index (χ1) is 11.5. The van der Waals surface area contributed by atoms with E-state index in [1.165, 1.54) is 0 Å². The Morgan fingerprint density at radius 2 is 2.12 bits per heavy atom. The minimum absolute atomic E-state index is 0.159. The van der Waals surface area contributed by atoms with Crippen LogP contribution >= 0.6 is 0 Å². The van der Waals surface area contributed by atoms with Crippen molar-refractivity contribution < 1.29 is 19.4 Å². The fourth-order valence-electron chi connectivity index (χ4n) is 5.45. The number of carbonyl (C=O) groups is 1. The van der Waals surface area contributed by atoms with Crippen LogP contribution in [0.5, 0.6) is 11.5 Å². The summed E-state index contributed by atoms with van der Waals surface area (Å²) in [7, 11) is 5.36. The maximum absolute atomic E-state index is 12.7. The molecule has 0 radical (unpaired) electrons. The Hall–Kier alpha value is -1.59. The number of ketones is 1. The van der Waals surface area contributed by atoms with Gasteiger partial charge in [0.15, 0.2) is 17.3 Å². The molecule has 1 heterocycles. The lowest BCUT2D eigenvalue weighted by Crippen LogP contribution is -2.63. The molecule has 4 atom stereocenters. The molecule has 2 bridgehead atoms. The number of Topliss-reactive ketones (excluding diaryl/α,β-unsaturated/α-hetero) is 1. The van der Waals surface area contributed by atoms with E-state index in [1.807, 2.05) is 6.07 Å². The predicted octanol–water partition coefficient (Wildman–Crippen LogP) is 1.89. The Morgan fingerprint density at radius 3 is 2.83 bits per heavy atom. The summed E-state index contributed by atoms with van der Waals surface area (Å²) >= 11 is 0. The van der Waals surface area contributed by atoms with E-state index in [0.717, 1.165) is 36.9 Å². The molecule has 130 valence electrons. The molecule has 1 aliphatic heterocycles. The third-order valence-electron chi connectivity index (χ3n) is 6.63. The van der Waals surface area contributed by atoms with Gasteiger partial charge in [-0.1, -0.05) is 6.07 Å². The molecule has 24 heavy (non-hydrogen) atoms. The summed E-state index contributed by atoms with van der Waals surface area (Å²) in [6, 6.07) is 4.29. The number of likely N-dealkylation sites (tertiary alicyclic amines) is 1. The zero-order valence-electron chi connectivity index (χ0n) is 14.5. The first-order valence-corrected chi connectivity index (χ1v) is 8.67. The Morgan fingerprint density at radius 1 is 1.33 bits per heavy atom. The van der Waals surface area contributed by atoms with E-state index in [4.69, 9.17) is 9.47 Å². The number of nitrogens with zero attached hydrogens (tertiary/aromatic N) is 1. The van der Waals surface area contributed by atoms with Gasteiger partial charge in [-0.2, -0.15) is 0 Å². The molecule has 1 saturated heterocycles. The van der Waals surface area contributed by atoms with E-state index in [9.17, 15) is 9.90 Å². The van der Waals surface area contributed by atoms with Gasteiger partial charge in [0.05, 0.1) is 7.11 Å². The quantitative estimate of drug-likeness (QED) is 0.897. The molecule has 0 spiro atoms. The number of benzene rings is 1. The number of ether oxygens (including phenoxy) is 2. The standard InChI is InChI=1S/C19H25NO4/c1-20-7-6-19-10-14(21)16(24-3)9-12(19)13(20)8-11-4-5-15(23-2)18(22)17(11)19/h4-5,12-13,16,22H,6-10H2,1-3H3/t12?,13?,16?,19-/m1/s1. The largest absolute Gasteiger partial charge is 0.504 e. The number of hydrogen-bond donors (Lipinski definition) is 1. The van der Waals surface area contributed by atoms with Gasteiger partial charge in [0.1, 0.15) is 6.10 Å². The topological polar surface area (TPSA) is 59.0 Å². The number of fused-ring (bicyclic) bond motifs is 1. The van der Waals surface area contributed by atoms with Crippen molar-refractivity contribution >= 4 is 5.78 Å². The summed E-state index contributed by atoms with van der Waals surface area (Å²) in [5.41, 5.74) is 1.83. The zero-order chi connectivity index (χ0) is 17.1. The number of methoxy groups -OCH3 is 2. The number of piperidine rings is 1. The maximum Gasteiger partial charge on any atom is 0.162 e. The van der Waals surface area contributed by atoms with Gasteiger partial charge < -0.3 is 19.5 Å². The van der Waals surface area contributed by atoms with Gasteiger partial charge in [0.25, 0.3) is 0 Å². The molecule has 5 heteroatoms. The smallest absolute Gasteiger partial charge is 0.162 e. The number of phenolic OH excluding ortho intramolecular Hbond substituents is 1. The lowest BCUT2D eigenvalue weighted by Gasteiger charge is -2.58. The van der Waals surface area contributed by atoms with Gasteiger partial charge in [-0.3, -0.25) is 4.79 Å². The molecule has 5 nitrogen and oxygen atoms in total. The fraction of sp³-hybridized carbons (Fsp3) is 0.632. The van der Waals surface area contributed by atoms with Crippen LogP contribution in [-0.2, 0) is 21.4 Å². The molecule has 2 fully saturated rings. The third kappa shape index (κ3) is 1.97. The monoisotopic (exact) mass is 331 g/mol. The summed E-state index contributed by atoms with van der Waals surface area (Å²) in [6.45, 7) is 0.947. The van der Waals surface area contributed by atoms with Gasteiger partial charge in [-0.25, -0.2) is 0 Å². The average molecular weight is 331 g/mol. The van der Waals surface area contributed by atoms with Crippen LogP contribution in [0.1, 0.15) is 30.4 Å². The molecular weight excluding hydrogens is 306 g/mol. The van der Waals surface area contributed by atoms with Crippen molar-refractivity contribution in [1.82, 2.24) is 4.90 Å². The summed E-state index contributed by atoms with van der Waals surface area (Å²) in [5.74, 6) is 1.21. The molecule has 1 saturated carbocycles. The maximum atomic E-state index is 12.7. The lowest BCUT2D eigenvalue weighted by atomic mass is 9.51. The molecule has 1 aromatic rings. The summed E-state index contributed by atoms with van der Waals surface area (Å²) in [5, 5.41) is 10.9. The van der Waals surface area contributed by atoms with Gasteiger partial charge in [-0.05, 0) is 50.4 Å². The SMILES string of the molecule is COc1ccc2c(c1O)[C@@]13CCN(C)C(C2)C1CC(OC)C(=O)C3. The first-order valence-electron chi connectivity index (χ1n) is 8.67. The number of aromatic hydroxyl groups is 1. The number of phenols is 1. The number of hydrogen-bond acceptors (Lipinski definition) is 5. The van der Waals surface area contributed by atoms with Crippen molar-refractivity contribution in [3.63, 3.8) is 0 Å². The predicted molar refractivity (Wildman–Crippen MR) is 89.6 cm³/mol. The normalized spacial score (nSPS) is 35.3. The van der Waals surface area contributed by atoms with Crippen molar-refractivity contribution in [1.29, 1.82) is 0 Å². The highest BCUT2D eigenvalue weighted by molar-refractivity contribution is 5.86. The zero-order valence-corrected chi connectivity index (χ0v) is 14.5. The minimum atomic E-state index is -0.313. The van der Waals surface area contributed by atoms with Crippen LogP contribution in [0, 0.1) is 5.92 Å². The highest BCUT2D eigenvalue weighted by atomic mass is 16.5. The van der Waals surface area contributed by atoms with E-state index >= 15 is 0 Å². The molecule has 1 aromatic carbocycles. The second-order valence-electron chi connectivity index (χ2n) is 7.52. The van der Waals surface area contributed by atoms with Crippen LogP contribution in [0.4, 0.5) is 0 Å². The van der Waals surface area contributed by atoms with Crippen molar-refractivity contribution in [2.45, 2.75) is 43.2 Å². The van der Waals surface area contributed by atoms with E-state index < -0.39 is 0 Å². The molecule has 3 unspecified atom stereocenters. The second-order valence-corrected chi connectivity index (χ2v) is 7.52. The number of carbonyl (C=O) groups excluding carboxylic acids is 1. The minimum Gasteiger partial charge on any atom is -0.504 e. The molecule has 0 aromatic heterocycles. The molecule has 4 rings (SSSR count). The summed E-state index contributed by atoms with van der Waals surface area (Å²) in [6.07, 6.45) is 2.67. The average Bonchev–Trinajstić information content (AvgIpc) is 2.57. The first kappa shape index (κ1) is 15.9. The Bertz CT molecular complexity index is 688. The van der Waals surface area contributed by atoms with Crippen LogP contribution in [-0.4, -0.2) is 55.7 Å². The van der Waals surface area contributed by atoms with Crippen molar-refractivity contribution in [3.8, 4) is 11.5 Å². The van der Waals surface area contributed by atoms with Crippen LogP contribution in [0.25, 0.3) is 0 Å². The van der Waals surface area contributed by atoms with E-state index in [0.29, 0.717) is 24.1 Å². The number of rotatable bonds is 2. The van der Waals surface area contributed by atoms with Crippen LogP contribution in [0.15, 0.2) is 12.1 Å². The van der Waals surface area contributed by atoms with E-state index in [1.54, 1.807) is 14.2 Å². The van der Waals surface area contributed by atoms with Gasteiger partial charge >= 0.3 is 0 Å². The Labute approximate surface area is 142 Å². The summed E-state index contributed by atoms with van der Waals surface area (Å²) < 4.78 is 10.8. The van der Waals surface area contributed by atoms with Crippen LogP contribution in [0.3, 0.4) is 0 Å². The van der Waals surface area contributed by atoms with Crippen molar-refractivity contribution in [2.75, 3.05) is 27.8 Å². The number of likely N-dealkylation sites (N-methyl/N-ethyl adjacent to an activating group) is 1. The highest BCUT2D eigenvalue weighted by Gasteiger charge is 2.58. The van der Waals surface area contributed by atoms with Crippen LogP contribution < -0.4 is 4.74 Å². The highest BCUT2D eigenvalue weighted by Crippen LogP contribution is 2.58. The Kier molecular flexibility index (Phi) is 3.62. The molecule has 1 N–H and O–H groups in total. The molecule has 2 aliphatic carbocycles. The van der Waals surface area contributed by atoms with E-state index in [-0.39, 0.29) is 23.1 Å². The van der Waals surface area contributed by atoms with Crippen molar-refractivity contribution in [3.05, 3.63) is 23.3 Å². The molecule has 3 aliphatic rings. The second kappa shape index (κ2) is 5.46. The van der Waals surface area contributed by atoms with Gasteiger partial charge in [0, 0.05) is 30.6 Å². The fourth-order valence-corrected chi connectivity index (χ4v) is 5.45.